The summed E-state index contributed by atoms with van der Waals surface area (Å²) in [5, 5.41) is 7.78. The molecule has 0 aliphatic carbocycles. The molecule has 0 fully saturated rings. The van der Waals surface area contributed by atoms with E-state index in [4.69, 9.17) is 0 Å². The maximum Gasteiger partial charge on any atom is 0.0521 e. The fourth-order valence-electron chi connectivity index (χ4n) is 2.06. The Morgan fingerprint density at radius 2 is 2.19 bits per heavy atom. The van der Waals surface area contributed by atoms with E-state index in [1.54, 1.807) is 0 Å². The van der Waals surface area contributed by atoms with Gasteiger partial charge in [0.2, 0.25) is 0 Å². The molecule has 2 atom stereocenters. The summed E-state index contributed by atoms with van der Waals surface area (Å²) in [4.78, 5) is 0. The summed E-state index contributed by atoms with van der Waals surface area (Å²) in [6.45, 7) is 7.83. The second kappa shape index (κ2) is 6.69. The molecule has 1 N–H and O–H groups in total. The Hall–Kier alpha value is -0.830. The van der Waals surface area contributed by atoms with Gasteiger partial charge in [0.15, 0.2) is 0 Å². The van der Waals surface area contributed by atoms with Crippen LogP contribution in [0.15, 0.2) is 12.4 Å². The lowest BCUT2D eigenvalue weighted by molar-refractivity contribution is 0.354. The molecule has 3 heteroatoms. The average molecular weight is 223 g/mol. The molecule has 2 unspecified atom stereocenters. The number of aryl methyl sites for hydroxylation is 2. The molecule has 0 amide bonds. The summed E-state index contributed by atoms with van der Waals surface area (Å²) >= 11 is 0. The van der Waals surface area contributed by atoms with Gasteiger partial charge >= 0.3 is 0 Å². The normalized spacial score (nSPS) is 15.0. The summed E-state index contributed by atoms with van der Waals surface area (Å²) in [6, 6.07) is 0.634. The Labute approximate surface area is 99.2 Å². The molecule has 1 aromatic heterocycles. The standard InChI is InChI=1S/C13H25N3/c1-5-11(3)13(14-6-2)8-7-12-9-15-16(4)10-12/h9-11,13-14H,5-8H2,1-4H3. The molecular weight excluding hydrogens is 198 g/mol. The van der Waals surface area contributed by atoms with Crippen molar-refractivity contribution < 1.29 is 0 Å². The first-order chi connectivity index (χ1) is 7.67. The van der Waals surface area contributed by atoms with Crippen LogP contribution < -0.4 is 5.32 Å². The maximum absolute atomic E-state index is 4.20. The minimum atomic E-state index is 0.634. The van der Waals surface area contributed by atoms with Crippen LogP contribution >= 0.6 is 0 Å². The van der Waals surface area contributed by atoms with Gasteiger partial charge in [-0.15, -0.1) is 0 Å². The van der Waals surface area contributed by atoms with Crippen molar-refractivity contribution in [3.05, 3.63) is 18.0 Å². The molecule has 0 aliphatic rings. The number of nitrogens with zero attached hydrogens (tertiary/aromatic N) is 2. The van der Waals surface area contributed by atoms with Crippen molar-refractivity contribution in [1.82, 2.24) is 15.1 Å². The zero-order chi connectivity index (χ0) is 12.0. The monoisotopic (exact) mass is 223 g/mol. The van der Waals surface area contributed by atoms with Crippen LogP contribution in [-0.2, 0) is 13.5 Å². The van der Waals surface area contributed by atoms with Crippen molar-refractivity contribution >= 4 is 0 Å². The first-order valence-corrected chi connectivity index (χ1v) is 6.38. The lowest BCUT2D eigenvalue weighted by Crippen LogP contribution is -2.35. The number of nitrogens with one attached hydrogen (secondary N) is 1. The predicted molar refractivity (Wildman–Crippen MR) is 68.4 cm³/mol. The zero-order valence-corrected chi connectivity index (χ0v) is 11.0. The third kappa shape index (κ3) is 3.97. The van der Waals surface area contributed by atoms with E-state index in [0.29, 0.717) is 6.04 Å². The predicted octanol–water partition coefficient (Wildman–Crippen LogP) is 2.38. The second-order valence-corrected chi connectivity index (χ2v) is 4.61. The van der Waals surface area contributed by atoms with Gasteiger partial charge in [0, 0.05) is 19.3 Å². The van der Waals surface area contributed by atoms with Crippen LogP contribution in [-0.4, -0.2) is 22.4 Å². The summed E-state index contributed by atoms with van der Waals surface area (Å²) in [5.74, 6) is 0.747. The Balaban J connectivity index is 2.43. The highest BCUT2D eigenvalue weighted by molar-refractivity contribution is 5.04. The van der Waals surface area contributed by atoms with Gasteiger partial charge in [-0.2, -0.15) is 5.10 Å². The number of hydrogen-bond acceptors (Lipinski definition) is 2. The van der Waals surface area contributed by atoms with Crippen LogP contribution in [0.1, 0.15) is 39.2 Å². The second-order valence-electron chi connectivity index (χ2n) is 4.61. The molecule has 0 aromatic carbocycles. The highest BCUT2D eigenvalue weighted by Gasteiger charge is 2.14. The van der Waals surface area contributed by atoms with Crippen LogP contribution in [0.4, 0.5) is 0 Å². The van der Waals surface area contributed by atoms with E-state index in [1.165, 1.54) is 18.4 Å². The first-order valence-electron chi connectivity index (χ1n) is 6.38. The molecule has 0 saturated heterocycles. The number of aromatic nitrogens is 2. The van der Waals surface area contributed by atoms with Crippen molar-refractivity contribution in [1.29, 1.82) is 0 Å². The largest absolute Gasteiger partial charge is 0.314 e. The molecule has 0 bridgehead atoms. The Kier molecular flexibility index (Phi) is 5.53. The minimum Gasteiger partial charge on any atom is -0.314 e. The highest BCUT2D eigenvalue weighted by atomic mass is 15.2. The van der Waals surface area contributed by atoms with Gasteiger partial charge in [-0.1, -0.05) is 27.2 Å². The van der Waals surface area contributed by atoms with Gasteiger partial charge in [0.1, 0.15) is 0 Å². The van der Waals surface area contributed by atoms with Crippen LogP contribution in [0.5, 0.6) is 0 Å². The minimum absolute atomic E-state index is 0.634. The van der Waals surface area contributed by atoms with Crippen molar-refractivity contribution in [2.24, 2.45) is 13.0 Å². The van der Waals surface area contributed by atoms with Crippen molar-refractivity contribution in [2.75, 3.05) is 6.54 Å². The van der Waals surface area contributed by atoms with E-state index < -0.39 is 0 Å². The molecule has 0 spiro atoms. The van der Waals surface area contributed by atoms with E-state index in [9.17, 15) is 0 Å². The Morgan fingerprint density at radius 3 is 2.69 bits per heavy atom. The Morgan fingerprint density at radius 1 is 1.44 bits per heavy atom. The SMILES string of the molecule is CCNC(CCc1cnn(C)c1)C(C)CC. The van der Waals surface area contributed by atoms with Gasteiger partial charge in [-0.25, -0.2) is 0 Å². The van der Waals surface area contributed by atoms with Crippen molar-refractivity contribution in [2.45, 2.75) is 46.1 Å². The summed E-state index contributed by atoms with van der Waals surface area (Å²) in [5.41, 5.74) is 1.34. The van der Waals surface area contributed by atoms with E-state index in [-0.39, 0.29) is 0 Å². The fraction of sp³-hybridized carbons (Fsp3) is 0.769. The zero-order valence-electron chi connectivity index (χ0n) is 11.0. The molecule has 1 aromatic rings. The molecule has 0 aliphatic heterocycles. The lowest BCUT2D eigenvalue weighted by atomic mass is 9.94. The van der Waals surface area contributed by atoms with E-state index >= 15 is 0 Å². The third-order valence-corrected chi connectivity index (χ3v) is 3.30. The molecule has 92 valence electrons. The smallest absolute Gasteiger partial charge is 0.0521 e. The van der Waals surface area contributed by atoms with Crippen LogP contribution in [0.2, 0.25) is 0 Å². The summed E-state index contributed by atoms with van der Waals surface area (Å²) < 4.78 is 1.88. The number of hydrogen-bond donors (Lipinski definition) is 1. The summed E-state index contributed by atoms with van der Waals surface area (Å²) in [7, 11) is 1.97. The van der Waals surface area contributed by atoms with Gasteiger partial charge < -0.3 is 5.32 Å². The first kappa shape index (κ1) is 13.2. The van der Waals surface area contributed by atoms with Crippen LogP contribution in [0, 0.1) is 5.92 Å². The molecule has 1 heterocycles. The van der Waals surface area contributed by atoms with E-state index in [0.717, 1.165) is 18.9 Å². The summed E-state index contributed by atoms with van der Waals surface area (Å²) in [6.07, 6.45) is 7.65. The molecule has 16 heavy (non-hydrogen) atoms. The van der Waals surface area contributed by atoms with Crippen molar-refractivity contribution in [3.8, 4) is 0 Å². The maximum atomic E-state index is 4.20. The average Bonchev–Trinajstić information content (AvgIpc) is 2.69. The van der Waals surface area contributed by atoms with Crippen molar-refractivity contribution in [3.63, 3.8) is 0 Å². The van der Waals surface area contributed by atoms with Crippen LogP contribution in [0.3, 0.4) is 0 Å². The fourth-order valence-corrected chi connectivity index (χ4v) is 2.06. The quantitative estimate of drug-likeness (QED) is 0.769. The van der Waals surface area contributed by atoms with Gasteiger partial charge in [0.05, 0.1) is 6.20 Å². The number of rotatable bonds is 7. The van der Waals surface area contributed by atoms with E-state index in [1.807, 2.05) is 17.9 Å². The van der Waals surface area contributed by atoms with Gasteiger partial charge in [-0.05, 0) is 30.9 Å². The Bertz CT molecular complexity index is 293. The van der Waals surface area contributed by atoms with Gasteiger partial charge in [0.25, 0.3) is 0 Å². The molecule has 3 nitrogen and oxygen atoms in total. The molecule has 1 rings (SSSR count). The molecule has 0 saturated carbocycles. The van der Waals surface area contributed by atoms with Gasteiger partial charge in [-0.3, -0.25) is 4.68 Å². The van der Waals surface area contributed by atoms with E-state index in [2.05, 4.69) is 37.4 Å². The topological polar surface area (TPSA) is 29.9 Å². The lowest BCUT2D eigenvalue weighted by Gasteiger charge is -2.23. The molecular formula is C13H25N3. The molecule has 0 radical (unpaired) electrons. The van der Waals surface area contributed by atoms with Crippen LogP contribution in [0.25, 0.3) is 0 Å². The third-order valence-electron chi connectivity index (χ3n) is 3.30. The highest BCUT2D eigenvalue weighted by Crippen LogP contribution is 2.14.